The molecule has 0 atom stereocenters. The van der Waals surface area contributed by atoms with Crippen LogP contribution in [0.3, 0.4) is 0 Å². The van der Waals surface area contributed by atoms with Crippen molar-refractivity contribution in [3.8, 4) is 5.75 Å². The molecule has 0 aliphatic heterocycles. The fraction of sp³-hybridized carbons (Fsp3) is 0.190. The fourth-order valence-corrected chi connectivity index (χ4v) is 2.49. The Morgan fingerprint density at radius 2 is 1.69 bits per heavy atom. The quantitative estimate of drug-likeness (QED) is 0.385. The normalized spacial score (nSPS) is 10.0. The largest absolute Gasteiger partial charge is 0.505 e. The van der Waals surface area contributed by atoms with Gasteiger partial charge in [-0.25, -0.2) is 0 Å². The zero-order chi connectivity index (χ0) is 21.6. The molecule has 3 aromatic carbocycles. The van der Waals surface area contributed by atoms with Gasteiger partial charge in [-0.2, -0.15) is 0 Å². The van der Waals surface area contributed by atoms with Gasteiger partial charge in [0, 0.05) is 26.3 Å². The summed E-state index contributed by atoms with van der Waals surface area (Å²) < 4.78 is 0. The van der Waals surface area contributed by atoms with Gasteiger partial charge in [0.2, 0.25) is 0 Å². The van der Waals surface area contributed by atoms with Gasteiger partial charge in [0.15, 0.2) is 5.75 Å². The van der Waals surface area contributed by atoms with Crippen molar-refractivity contribution in [1.82, 2.24) is 4.90 Å². The number of hydrogen-bond donors (Lipinski definition) is 4. The molecule has 8 nitrogen and oxygen atoms in total. The molecule has 0 unspecified atom stereocenters. The summed E-state index contributed by atoms with van der Waals surface area (Å²) in [5.41, 5.74) is 5.05. The van der Waals surface area contributed by atoms with Crippen LogP contribution >= 0.6 is 0 Å². The predicted octanol–water partition coefficient (Wildman–Crippen LogP) is 2.13. The lowest BCUT2D eigenvalue weighted by molar-refractivity contribution is 0.0824. The predicted molar refractivity (Wildman–Crippen MR) is 116 cm³/mol. The molecule has 5 N–H and O–H groups in total. The maximum Gasteiger partial charge on any atom is 0.257 e. The summed E-state index contributed by atoms with van der Waals surface area (Å²) in [6, 6.07) is 14.6. The lowest BCUT2D eigenvalue weighted by Crippen LogP contribution is -2.36. The van der Waals surface area contributed by atoms with Crippen molar-refractivity contribution in [2.24, 2.45) is 0 Å². The molecule has 0 bridgehead atoms. The summed E-state index contributed by atoms with van der Waals surface area (Å²) in [5.74, 6) is -0.692. The number of nitrogen functional groups attached to an aromatic ring is 1. The highest BCUT2D eigenvalue weighted by Gasteiger charge is 2.21. The molecule has 0 aromatic heterocycles. The van der Waals surface area contributed by atoms with Crippen LogP contribution in [0.5, 0.6) is 5.75 Å². The zero-order valence-electron chi connectivity index (χ0n) is 16.5. The van der Waals surface area contributed by atoms with Gasteiger partial charge in [-0.1, -0.05) is 24.3 Å². The third-order valence-electron chi connectivity index (χ3n) is 4.03. The van der Waals surface area contributed by atoms with E-state index in [0.717, 1.165) is 6.54 Å². The van der Waals surface area contributed by atoms with Crippen molar-refractivity contribution in [3.05, 3.63) is 74.5 Å². The van der Waals surface area contributed by atoms with Crippen molar-refractivity contribution < 1.29 is 9.90 Å². The number of hydrogen-bond acceptors (Lipinski definition) is 7. The number of phenolic OH excluding ortho intramolecular Hbond substituents is 1. The summed E-state index contributed by atoms with van der Waals surface area (Å²) in [6.07, 6.45) is 0. The molecule has 0 aliphatic carbocycles. The smallest absolute Gasteiger partial charge is 0.257 e. The van der Waals surface area contributed by atoms with Crippen LogP contribution < -0.4 is 27.2 Å². The van der Waals surface area contributed by atoms with E-state index in [1.807, 2.05) is 18.2 Å². The van der Waals surface area contributed by atoms with Crippen molar-refractivity contribution in [1.29, 1.82) is 0 Å². The first kappa shape index (κ1) is 21.5. The molecule has 0 fully saturated rings. The Morgan fingerprint density at radius 3 is 2.24 bits per heavy atom. The van der Waals surface area contributed by atoms with E-state index in [1.54, 1.807) is 20.2 Å². The summed E-state index contributed by atoms with van der Waals surface area (Å²) >= 11 is 0. The van der Waals surface area contributed by atoms with Gasteiger partial charge in [0.25, 0.3) is 16.8 Å². The van der Waals surface area contributed by atoms with Crippen LogP contribution in [0.1, 0.15) is 17.3 Å². The van der Waals surface area contributed by atoms with Gasteiger partial charge in [0.05, 0.1) is 11.3 Å². The van der Waals surface area contributed by atoms with E-state index < -0.39 is 10.9 Å². The number of carbonyl (C=O) groups excluding carboxylic acids is 1. The Balaban J connectivity index is 0.000000278. The van der Waals surface area contributed by atoms with Crippen LogP contribution in [0.25, 0.3) is 0 Å². The molecule has 0 aliphatic rings. The fourth-order valence-electron chi connectivity index (χ4n) is 2.49. The Morgan fingerprint density at radius 1 is 1.03 bits per heavy atom. The van der Waals surface area contributed by atoms with E-state index in [2.05, 4.69) is 29.7 Å². The topological polar surface area (TPSA) is 125 Å². The number of carbonyl (C=O) groups is 1. The third-order valence-corrected chi connectivity index (χ3v) is 4.03. The molecular weight excluding hydrogens is 372 g/mol. The van der Waals surface area contributed by atoms with Crippen LogP contribution in [0.2, 0.25) is 0 Å². The maximum absolute atomic E-state index is 11.8. The highest BCUT2D eigenvalue weighted by Crippen LogP contribution is 2.31. The number of nitrogens with one attached hydrogen (secondary N) is 2. The van der Waals surface area contributed by atoms with Gasteiger partial charge in [-0.3, -0.25) is 14.4 Å². The number of para-hydroxylation sites is 2. The standard InChI is InChI=1S/C13H13N3O4.C8H11N/c1-16(2)13(20)6-4-3-5-7(10(6)17)15-9-8(14)11(18)12(9)19;1-2-9-8-6-4-3-5-7-8/h3-5,15,17H,14H2,1-2H3;3-7,9H,2H2,1H3. The highest BCUT2D eigenvalue weighted by atomic mass is 16.3. The van der Waals surface area contributed by atoms with Crippen LogP contribution in [-0.4, -0.2) is 36.6 Å². The average Bonchev–Trinajstić information content (AvgIpc) is 2.73. The molecule has 29 heavy (non-hydrogen) atoms. The third kappa shape index (κ3) is 4.92. The molecule has 0 radical (unpaired) electrons. The highest BCUT2D eigenvalue weighted by molar-refractivity contribution is 5.99. The second-order valence-corrected chi connectivity index (χ2v) is 6.37. The maximum atomic E-state index is 11.8. The molecule has 8 heteroatoms. The number of phenols is 1. The molecule has 0 spiro atoms. The minimum absolute atomic E-state index is 0.0697. The first-order valence-electron chi connectivity index (χ1n) is 8.96. The van der Waals surface area contributed by atoms with E-state index in [9.17, 15) is 19.5 Å². The summed E-state index contributed by atoms with van der Waals surface area (Å²) in [6.45, 7) is 3.08. The number of amides is 1. The minimum Gasteiger partial charge on any atom is -0.505 e. The molecule has 0 saturated heterocycles. The Bertz CT molecular complexity index is 1050. The Hall–Kier alpha value is -3.81. The van der Waals surface area contributed by atoms with Crippen molar-refractivity contribution in [3.63, 3.8) is 0 Å². The number of anilines is 4. The number of rotatable bonds is 5. The second-order valence-electron chi connectivity index (χ2n) is 6.37. The van der Waals surface area contributed by atoms with Gasteiger partial charge in [-0.05, 0) is 31.2 Å². The molecule has 152 valence electrons. The Kier molecular flexibility index (Phi) is 6.97. The number of nitrogens with zero attached hydrogens (tertiary/aromatic N) is 1. The summed E-state index contributed by atoms with van der Waals surface area (Å²) in [7, 11) is 3.10. The van der Waals surface area contributed by atoms with Gasteiger partial charge >= 0.3 is 0 Å². The monoisotopic (exact) mass is 396 g/mol. The van der Waals surface area contributed by atoms with E-state index in [-0.39, 0.29) is 34.3 Å². The molecule has 0 saturated carbocycles. The zero-order valence-corrected chi connectivity index (χ0v) is 16.5. The number of nitrogens with two attached hydrogens (primary N) is 1. The molecule has 3 rings (SSSR count). The van der Waals surface area contributed by atoms with E-state index >= 15 is 0 Å². The van der Waals surface area contributed by atoms with Gasteiger partial charge in [-0.15, -0.1) is 0 Å². The lowest BCUT2D eigenvalue weighted by atomic mass is 10.1. The second kappa shape index (κ2) is 9.41. The van der Waals surface area contributed by atoms with Crippen LogP contribution in [0, 0.1) is 0 Å². The van der Waals surface area contributed by atoms with E-state index in [1.165, 1.54) is 22.7 Å². The van der Waals surface area contributed by atoms with Crippen molar-refractivity contribution >= 4 is 28.7 Å². The van der Waals surface area contributed by atoms with Gasteiger partial charge < -0.3 is 26.4 Å². The van der Waals surface area contributed by atoms with Crippen molar-refractivity contribution in [2.45, 2.75) is 6.92 Å². The van der Waals surface area contributed by atoms with E-state index in [0.29, 0.717) is 0 Å². The minimum atomic E-state index is -0.757. The lowest BCUT2D eigenvalue weighted by Gasteiger charge is -2.15. The van der Waals surface area contributed by atoms with Crippen molar-refractivity contribution in [2.75, 3.05) is 37.0 Å². The first-order valence-corrected chi connectivity index (χ1v) is 8.96. The number of aromatic hydroxyl groups is 1. The first-order chi connectivity index (χ1) is 13.8. The van der Waals surface area contributed by atoms with Crippen LogP contribution in [-0.2, 0) is 0 Å². The summed E-state index contributed by atoms with van der Waals surface area (Å²) in [5, 5.41) is 15.8. The SMILES string of the molecule is CCNc1ccccc1.CN(C)C(=O)c1cccc(Nc2c(N)c(=O)c2=O)c1O. The molecular formula is C21H24N4O4. The molecule has 3 aromatic rings. The molecule has 1 amide bonds. The Labute approximate surface area is 168 Å². The summed E-state index contributed by atoms with van der Waals surface area (Å²) in [4.78, 5) is 35.5. The van der Waals surface area contributed by atoms with E-state index in [4.69, 9.17) is 5.73 Å². The van der Waals surface area contributed by atoms with Crippen LogP contribution in [0.4, 0.5) is 22.7 Å². The molecule has 0 heterocycles. The number of benzene rings is 2. The average molecular weight is 396 g/mol. The van der Waals surface area contributed by atoms with Crippen LogP contribution in [0.15, 0.2) is 58.1 Å². The van der Waals surface area contributed by atoms with Gasteiger partial charge in [0.1, 0.15) is 11.4 Å².